The average Bonchev–Trinajstić information content (AvgIpc) is 2.71. The van der Waals surface area contributed by atoms with Crippen molar-refractivity contribution in [2.45, 2.75) is 13.1 Å². The molecule has 0 aliphatic carbocycles. The lowest BCUT2D eigenvalue weighted by Gasteiger charge is -2.23. The summed E-state index contributed by atoms with van der Waals surface area (Å²) in [6, 6.07) is 24.7. The van der Waals surface area contributed by atoms with Crippen molar-refractivity contribution in [2.75, 3.05) is 18.4 Å². The second-order valence-corrected chi connectivity index (χ2v) is 6.93. The summed E-state index contributed by atoms with van der Waals surface area (Å²) in [6.07, 6.45) is 0. The van der Waals surface area contributed by atoms with Crippen LogP contribution in [0.1, 0.15) is 11.1 Å². The fraction of sp³-hybridized carbons (Fsp3) is 0.182. The fourth-order valence-electron chi connectivity index (χ4n) is 2.98. The van der Waals surface area contributed by atoms with Gasteiger partial charge >= 0.3 is 0 Å². The molecule has 3 aromatic carbocycles. The van der Waals surface area contributed by atoms with Gasteiger partial charge in [0.05, 0.1) is 4.92 Å². The molecule has 0 atom stereocenters. The van der Waals surface area contributed by atoms with E-state index >= 15 is 0 Å². The fourth-order valence-corrected chi connectivity index (χ4v) is 3.18. The minimum atomic E-state index is -0.394. The molecular weight excluding hydrogens is 374 g/mol. The van der Waals surface area contributed by atoms with Crippen LogP contribution in [0.25, 0.3) is 0 Å². The number of halogens is 1. The summed E-state index contributed by atoms with van der Waals surface area (Å²) in [5, 5.41) is 14.9. The maximum Gasteiger partial charge on any atom is 0.269 e. The van der Waals surface area contributed by atoms with Crippen LogP contribution in [0.3, 0.4) is 0 Å². The molecule has 1 N–H and O–H groups in total. The van der Waals surface area contributed by atoms with Crippen LogP contribution >= 0.6 is 11.6 Å². The first kappa shape index (κ1) is 19.9. The molecule has 0 aromatic heterocycles. The van der Waals surface area contributed by atoms with E-state index in [1.54, 1.807) is 12.1 Å². The van der Waals surface area contributed by atoms with Gasteiger partial charge in [0.15, 0.2) is 0 Å². The van der Waals surface area contributed by atoms with Crippen molar-refractivity contribution in [3.63, 3.8) is 0 Å². The van der Waals surface area contributed by atoms with Crippen LogP contribution < -0.4 is 5.32 Å². The van der Waals surface area contributed by atoms with E-state index in [1.807, 2.05) is 42.5 Å². The van der Waals surface area contributed by atoms with Gasteiger partial charge in [0.2, 0.25) is 0 Å². The number of nitrogens with zero attached hydrogens (tertiary/aromatic N) is 2. The third-order valence-corrected chi connectivity index (χ3v) is 4.80. The molecule has 0 saturated carbocycles. The molecule has 0 fully saturated rings. The van der Waals surface area contributed by atoms with Gasteiger partial charge in [0.1, 0.15) is 0 Å². The Kier molecular flexibility index (Phi) is 7.00. The Labute approximate surface area is 169 Å². The minimum absolute atomic E-state index is 0.0926. The summed E-state index contributed by atoms with van der Waals surface area (Å²) < 4.78 is 0. The van der Waals surface area contributed by atoms with Crippen molar-refractivity contribution in [3.05, 3.63) is 105 Å². The quantitative estimate of drug-likeness (QED) is 0.391. The van der Waals surface area contributed by atoms with E-state index < -0.39 is 4.92 Å². The van der Waals surface area contributed by atoms with E-state index in [0.717, 1.165) is 42.5 Å². The highest BCUT2D eigenvalue weighted by molar-refractivity contribution is 6.31. The Hall–Kier alpha value is -2.89. The van der Waals surface area contributed by atoms with Gasteiger partial charge in [-0.2, -0.15) is 0 Å². The van der Waals surface area contributed by atoms with Crippen molar-refractivity contribution in [1.29, 1.82) is 0 Å². The maximum absolute atomic E-state index is 10.8. The molecule has 6 heteroatoms. The van der Waals surface area contributed by atoms with Gasteiger partial charge in [-0.1, -0.05) is 60.1 Å². The van der Waals surface area contributed by atoms with Crippen LogP contribution in [0.5, 0.6) is 0 Å². The Morgan fingerprint density at radius 3 is 2.25 bits per heavy atom. The number of nitro benzene ring substituents is 1. The zero-order valence-corrected chi connectivity index (χ0v) is 16.2. The molecule has 0 bridgehead atoms. The first-order valence-corrected chi connectivity index (χ1v) is 9.47. The summed E-state index contributed by atoms with van der Waals surface area (Å²) in [6.45, 7) is 3.08. The Morgan fingerprint density at radius 2 is 1.57 bits per heavy atom. The topological polar surface area (TPSA) is 58.4 Å². The van der Waals surface area contributed by atoms with Crippen LogP contribution in [-0.4, -0.2) is 22.9 Å². The lowest BCUT2D eigenvalue weighted by Crippen LogP contribution is -2.28. The summed E-state index contributed by atoms with van der Waals surface area (Å²) in [4.78, 5) is 12.7. The van der Waals surface area contributed by atoms with Gasteiger partial charge in [0, 0.05) is 49.0 Å². The zero-order valence-electron chi connectivity index (χ0n) is 15.4. The molecule has 3 aromatic rings. The summed E-state index contributed by atoms with van der Waals surface area (Å²) in [7, 11) is 0. The first-order chi connectivity index (χ1) is 13.6. The number of anilines is 1. The molecule has 0 unspecified atom stereocenters. The molecule has 0 spiro atoms. The van der Waals surface area contributed by atoms with Crippen molar-refractivity contribution in [3.8, 4) is 0 Å². The van der Waals surface area contributed by atoms with Crippen molar-refractivity contribution in [2.24, 2.45) is 0 Å². The molecule has 0 saturated heterocycles. The standard InChI is InChI=1S/C22H22ClN3O2/c23-22-9-5-4-8-19(22)17-25(16-18-6-2-1-3-7-18)15-14-24-20-10-12-21(13-11-20)26(27)28/h1-13,24H,14-17H2. The summed E-state index contributed by atoms with van der Waals surface area (Å²) in [5.41, 5.74) is 3.29. The van der Waals surface area contributed by atoms with Crippen molar-refractivity contribution >= 4 is 23.0 Å². The van der Waals surface area contributed by atoms with Crippen LogP contribution in [0, 0.1) is 10.1 Å². The van der Waals surface area contributed by atoms with E-state index in [-0.39, 0.29) is 5.69 Å². The third-order valence-electron chi connectivity index (χ3n) is 4.44. The molecule has 144 valence electrons. The highest BCUT2D eigenvalue weighted by Gasteiger charge is 2.10. The van der Waals surface area contributed by atoms with Crippen LogP contribution in [0.2, 0.25) is 5.02 Å². The number of non-ortho nitro benzene ring substituents is 1. The SMILES string of the molecule is O=[N+]([O-])c1ccc(NCCN(Cc2ccccc2)Cc2ccccc2Cl)cc1. The highest BCUT2D eigenvalue weighted by Crippen LogP contribution is 2.19. The smallest absolute Gasteiger partial charge is 0.269 e. The molecular formula is C22H22ClN3O2. The Balaban J connectivity index is 1.63. The number of nitro groups is 1. The molecule has 28 heavy (non-hydrogen) atoms. The van der Waals surface area contributed by atoms with Gasteiger partial charge in [-0.3, -0.25) is 15.0 Å². The molecule has 3 rings (SSSR count). The number of rotatable bonds is 9. The van der Waals surface area contributed by atoms with Crippen LogP contribution in [0.4, 0.5) is 11.4 Å². The Morgan fingerprint density at radius 1 is 0.893 bits per heavy atom. The number of hydrogen-bond donors (Lipinski definition) is 1. The third kappa shape index (κ3) is 5.81. The van der Waals surface area contributed by atoms with E-state index in [4.69, 9.17) is 11.6 Å². The lowest BCUT2D eigenvalue weighted by molar-refractivity contribution is -0.384. The molecule has 0 heterocycles. The second kappa shape index (κ2) is 9.88. The lowest BCUT2D eigenvalue weighted by atomic mass is 10.1. The van der Waals surface area contributed by atoms with Gasteiger partial charge in [-0.05, 0) is 29.3 Å². The molecule has 0 amide bonds. The molecule has 0 aliphatic heterocycles. The van der Waals surface area contributed by atoms with E-state index in [9.17, 15) is 10.1 Å². The monoisotopic (exact) mass is 395 g/mol. The van der Waals surface area contributed by atoms with Crippen LogP contribution in [-0.2, 0) is 13.1 Å². The van der Waals surface area contributed by atoms with Gasteiger partial charge in [-0.25, -0.2) is 0 Å². The zero-order chi connectivity index (χ0) is 19.8. The van der Waals surface area contributed by atoms with Crippen LogP contribution in [0.15, 0.2) is 78.9 Å². The first-order valence-electron chi connectivity index (χ1n) is 9.10. The molecule has 5 nitrogen and oxygen atoms in total. The predicted molar refractivity (Wildman–Crippen MR) is 114 cm³/mol. The average molecular weight is 396 g/mol. The van der Waals surface area contributed by atoms with E-state index in [2.05, 4.69) is 22.3 Å². The van der Waals surface area contributed by atoms with Gasteiger partial charge < -0.3 is 5.32 Å². The number of hydrogen-bond acceptors (Lipinski definition) is 4. The molecule has 0 aliphatic rings. The van der Waals surface area contributed by atoms with Crippen molar-refractivity contribution < 1.29 is 4.92 Å². The van der Waals surface area contributed by atoms with E-state index in [1.165, 1.54) is 17.7 Å². The number of nitrogens with one attached hydrogen (secondary N) is 1. The summed E-state index contributed by atoms with van der Waals surface area (Å²) >= 11 is 6.34. The van der Waals surface area contributed by atoms with Gasteiger partial charge in [0.25, 0.3) is 5.69 Å². The number of benzene rings is 3. The normalized spacial score (nSPS) is 10.8. The largest absolute Gasteiger partial charge is 0.384 e. The minimum Gasteiger partial charge on any atom is -0.384 e. The van der Waals surface area contributed by atoms with E-state index in [0.29, 0.717) is 0 Å². The molecule has 0 radical (unpaired) electrons. The summed E-state index contributed by atoms with van der Waals surface area (Å²) in [5.74, 6) is 0. The predicted octanol–water partition coefficient (Wildman–Crippen LogP) is 5.36. The van der Waals surface area contributed by atoms with Gasteiger partial charge in [-0.15, -0.1) is 0 Å². The Bertz CT molecular complexity index is 901. The highest BCUT2D eigenvalue weighted by atomic mass is 35.5. The van der Waals surface area contributed by atoms with Crippen molar-refractivity contribution in [1.82, 2.24) is 4.90 Å². The maximum atomic E-state index is 10.8. The second-order valence-electron chi connectivity index (χ2n) is 6.52.